The molecule has 94 valence electrons. The highest BCUT2D eigenvalue weighted by molar-refractivity contribution is 8.02. The monoisotopic (exact) mass is 272 g/mol. The molecule has 1 aromatic heterocycles. The molecular weight excluding hydrogens is 256 g/mol. The van der Waals surface area contributed by atoms with Crippen LogP contribution in [0, 0.1) is 0 Å². The van der Waals surface area contributed by atoms with Crippen LogP contribution in [0.15, 0.2) is 4.34 Å². The number of hydrogen-bond acceptors (Lipinski definition) is 6. The SMILES string of the molecule is COC(=O)C(C)Sc1nnc(C2CCCC2)s1. The van der Waals surface area contributed by atoms with Crippen LogP contribution in [0.1, 0.15) is 43.5 Å². The van der Waals surface area contributed by atoms with Crippen molar-refractivity contribution in [3.05, 3.63) is 5.01 Å². The Morgan fingerprint density at radius 3 is 2.82 bits per heavy atom. The van der Waals surface area contributed by atoms with Crippen molar-refractivity contribution in [2.45, 2.75) is 48.1 Å². The van der Waals surface area contributed by atoms with Crippen molar-refractivity contribution < 1.29 is 9.53 Å². The number of aromatic nitrogens is 2. The number of ether oxygens (including phenoxy) is 1. The van der Waals surface area contributed by atoms with E-state index < -0.39 is 0 Å². The molecule has 2 rings (SSSR count). The highest BCUT2D eigenvalue weighted by Gasteiger charge is 2.23. The molecule has 0 aromatic carbocycles. The third kappa shape index (κ3) is 3.19. The van der Waals surface area contributed by atoms with Crippen LogP contribution in [-0.2, 0) is 9.53 Å². The van der Waals surface area contributed by atoms with Crippen molar-refractivity contribution in [1.82, 2.24) is 10.2 Å². The van der Waals surface area contributed by atoms with Gasteiger partial charge in [0, 0.05) is 5.92 Å². The summed E-state index contributed by atoms with van der Waals surface area (Å²) in [7, 11) is 1.41. The summed E-state index contributed by atoms with van der Waals surface area (Å²) in [6.07, 6.45) is 5.05. The lowest BCUT2D eigenvalue weighted by molar-refractivity contribution is -0.139. The summed E-state index contributed by atoms with van der Waals surface area (Å²) >= 11 is 3.05. The Balaban J connectivity index is 1.96. The first-order valence-corrected chi connectivity index (χ1v) is 7.48. The molecule has 0 spiro atoms. The van der Waals surface area contributed by atoms with E-state index in [9.17, 15) is 4.79 Å². The van der Waals surface area contributed by atoms with Crippen molar-refractivity contribution in [2.24, 2.45) is 0 Å². The number of methoxy groups -OCH3 is 1. The van der Waals surface area contributed by atoms with Crippen LogP contribution in [0.4, 0.5) is 0 Å². The molecule has 1 aromatic rings. The van der Waals surface area contributed by atoms with Crippen LogP contribution < -0.4 is 0 Å². The molecule has 0 amide bonds. The molecule has 0 saturated heterocycles. The van der Waals surface area contributed by atoms with Gasteiger partial charge in [0.2, 0.25) is 0 Å². The van der Waals surface area contributed by atoms with Crippen molar-refractivity contribution in [3.63, 3.8) is 0 Å². The third-order valence-corrected chi connectivity index (χ3v) is 5.19. The van der Waals surface area contributed by atoms with E-state index in [0.717, 1.165) is 9.35 Å². The van der Waals surface area contributed by atoms with Crippen molar-refractivity contribution in [3.8, 4) is 0 Å². The zero-order valence-electron chi connectivity index (χ0n) is 10.0. The quantitative estimate of drug-likeness (QED) is 0.623. The second kappa shape index (κ2) is 5.82. The topological polar surface area (TPSA) is 52.1 Å². The van der Waals surface area contributed by atoms with Gasteiger partial charge in [0.25, 0.3) is 0 Å². The van der Waals surface area contributed by atoms with E-state index in [-0.39, 0.29) is 11.2 Å². The minimum atomic E-state index is -0.218. The molecule has 0 bridgehead atoms. The summed E-state index contributed by atoms with van der Waals surface area (Å²) in [4.78, 5) is 11.3. The van der Waals surface area contributed by atoms with Gasteiger partial charge in [-0.15, -0.1) is 10.2 Å². The minimum Gasteiger partial charge on any atom is -0.468 e. The van der Waals surface area contributed by atoms with E-state index in [1.165, 1.54) is 44.6 Å². The average molecular weight is 272 g/mol. The summed E-state index contributed by atoms with van der Waals surface area (Å²) in [5.41, 5.74) is 0. The van der Waals surface area contributed by atoms with E-state index in [4.69, 9.17) is 0 Å². The van der Waals surface area contributed by atoms with Crippen LogP contribution in [0.3, 0.4) is 0 Å². The van der Waals surface area contributed by atoms with E-state index in [1.807, 2.05) is 6.92 Å². The van der Waals surface area contributed by atoms with Crippen molar-refractivity contribution in [2.75, 3.05) is 7.11 Å². The molecule has 1 saturated carbocycles. The Labute approximate surface area is 109 Å². The summed E-state index contributed by atoms with van der Waals surface area (Å²) in [5.74, 6) is 0.378. The lowest BCUT2D eigenvalue weighted by Gasteiger charge is -2.05. The molecule has 6 heteroatoms. The Hall–Kier alpha value is -0.620. The molecule has 1 unspecified atom stereocenters. The fourth-order valence-electron chi connectivity index (χ4n) is 1.97. The Morgan fingerprint density at radius 1 is 1.47 bits per heavy atom. The van der Waals surface area contributed by atoms with Gasteiger partial charge in [-0.2, -0.15) is 0 Å². The maximum Gasteiger partial charge on any atom is 0.318 e. The van der Waals surface area contributed by atoms with Crippen LogP contribution in [0.2, 0.25) is 0 Å². The second-order valence-electron chi connectivity index (χ2n) is 4.17. The fourth-order valence-corrected chi connectivity index (χ4v) is 4.18. The molecule has 0 N–H and O–H groups in total. The Morgan fingerprint density at radius 2 is 2.18 bits per heavy atom. The largest absolute Gasteiger partial charge is 0.468 e. The molecule has 0 aliphatic heterocycles. The molecule has 1 aliphatic rings. The Bertz CT molecular complexity index is 389. The van der Waals surface area contributed by atoms with E-state index in [2.05, 4.69) is 14.9 Å². The summed E-state index contributed by atoms with van der Waals surface area (Å²) < 4.78 is 5.55. The highest BCUT2D eigenvalue weighted by Crippen LogP contribution is 2.37. The molecule has 1 aliphatic carbocycles. The maximum absolute atomic E-state index is 11.3. The van der Waals surface area contributed by atoms with Crippen LogP contribution in [0.5, 0.6) is 0 Å². The second-order valence-corrected chi connectivity index (χ2v) is 6.77. The van der Waals surface area contributed by atoms with E-state index >= 15 is 0 Å². The predicted molar refractivity (Wildman–Crippen MR) is 68.5 cm³/mol. The lowest BCUT2D eigenvalue weighted by Crippen LogP contribution is -2.14. The first-order chi connectivity index (χ1) is 8.20. The van der Waals surface area contributed by atoms with Gasteiger partial charge in [-0.25, -0.2) is 0 Å². The first kappa shape index (κ1) is 12.8. The van der Waals surface area contributed by atoms with Gasteiger partial charge in [0.05, 0.1) is 7.11 Å². The van der Waals surface area contributed by atoms with Crippen LogP contribution >= 0.6 is 23.1 Å². The number of thioether (sulfide) groups is 1. The zero-order chi connectivity index (χ0) is 12.3. The number of carbonyl (C=O) groups is 1. The lowest BCUT2D eigenvalue weighted by atomic mass is 10.1. The van der Waals surface area contributed by atoms with Gasteiger partial charge in [-0.3, -0.25) is 4.79 Å². The molecule has 4 nitrogen and oxygen atoms in total. The van der Waals surface area contributed by atoms with Gasteiger partial charge in [0.1, 0.15) is 10.3 Å². The number of rotatable bonds is 4. The first-order valence-electron chi connectivity index (χ1n) is 5.78. The fraction of sp³-hybridized carbons (Fsp3) is 0.727. The van der Waals surface area contributed by atoms with Crippen molar-refractivity contribution in [1.29, 1.82) is 0 Å². The number of esters is 1. The predicted octanol–water partition coefficient (Wildman–Crippen LogP) is 2.85. The van der Waals surface area contributed by atoms with Crippen LogP contribution in [0.25, 0.3) is 0 Å². The zero-order valence-corrected chi connectivity index (χ0v) is 11.6. The van der Waals surface area contributed by atoms with Crippen molar-refractivity contribution >= 4 is 29.1 Å². The maximum atomic E-state index is 11.3. The van der Waals surface area contributed by atoms with Crippen LogP contribution in [-0.4, -0.2) is 28.5 Å². The molecule has 1 heterocycles. The highest BCUT2D eigenvalue weighted by atomic mass is 32.2. The van der Waals surface area contributed by atoms with E-state index in [0.29, 0.717) is 5.92 Å². The summed E-state index contributed by atoms with van der Waals surface area (Å²) in [6, 6.07) is 0. The number of hydrogen-bond donors (Lipinski definition) is 0. The standard InChI is InChI=1S/C11H16N2O2S2/c1-7(10(14)15-2)16-11-13-12-9(17-11)8-5-3-4-6-8/h7-8H,3-6H2,1-2H3. The van der Waals surface area contributed by atoms with Gasteiger partial charge < -0.3 is 4.74 Å². The van der Waals surface area contributed by atoms with E-state index in [1.54, 1.807) is 11.3 Å². The summed E-state index contributed by atoms with van der Waals surface area (Å²) in [5, 5.41) is 9.28. The molecule has 0 radical (unpaired) electrons. The smallest absolute Gasteiger partial charge is 0.318 e. The molecule has 1 fully saturated rings. The molecule has 1 atom stereocenters. The number of nitrogens with zero attached hydrogens (tertiary/aromatic N) is 2. The third-order valence-electron chi connectivity index (χ3n) is 2.94. The average Bonchev–Trinajstić information content (AvgIpc) is 2.97. The normalized spacial score (nSPS) is 18.2. The number of carbonyl (C=O) groups excluding carboxylic acids is 1. The molecular formula is C11H16N2O2S2. The van der Waals surface area contributed by atoms with Gasteiger partial charge in [-0.1, -0.05) is 35.9 Å². The Kier molecular flexibility index (Phi) is 4.39. The summed E-state index contributed by atoms with van der Waals surface area (Å²) in [6.45, 7) is 1.83. The van der Waals surface area contributed by atoms with Gasteiger partial charge >= 0.3 is 5.97 Å². The minimum absolute atomic E-state index is 0.215. The molecule has 17 heavy (non-hydrogen) atoms. The van der Waals surface area contributed by atoms with Gasteiger partial charge in [0.15, 0.2) is 4.34 Å². The van der Waals surface area contributed by atoms with Gasteiger partial charge in [-0.05, 0) is 19.8 Å².